The van der Waals surface area contributed by atoms with Gasteiger partial charge in [0, 0.05) is 23.8 Å². The Hall–Kier alpha value is -2.41. The molecule has 1 N–H and O–H groups in total. The molecule has 0 aliphatic rings. The van der Waals surface area contributed by atoms with Crippen LogP contribution in [0.4, 0.5) is 0 Å². The highest BCUT2D eigenvalue weighted by Gasteiger charge is 2.00. The molecule has 23 heavy (non-hydrogen) atoms. The lowest BCUT2D eigenvalue weighted by atomic mass is 10.4. The van der Waals surface area contributed by atoms with Crippen molar-refractivity contribution in [3.8, 4) is 0 Å². The zero-order chi connectivity index (χ0) is 19.0. The van der Waals surface area contributed by atoms with Crippen LogP contribution in [0.5, 0.6) is 0 Å². The molecule has 0 aromatic carbocycles. The predicted octanol–water partition coefficient (Wildman–Crippen LogP) is 2.13. The van der Waals surface area contributed by atoms with Crippen molar-refractivity contribution in [2.75, 3.05) is 27.4 Å². The molecule has 7 heteroatoms. The van der Waals surface area contributed by atoms with Crippen molar-refractivity contribution in [3.63, 3.8) is 0 Å². The van der Waals surface area contributed by atoms with Crippen LogP contribution < -0.4 is 0 Å². The maximum absolute atomic E-state index is 10.6. The number of esters is 2. The highest BCUT2D eigenvalue weighted by atomic mass is 16.6. The van der Waals surface area contributed by atoms with Crippen molar-refractivity contribution >= 4 is 17.9 Å². The first-order valence-electron chi connectivity index (χ1n) is 6.45. The fraction of sp³-hybridized carbons (Fsp3) is 0.438. The number of carboxylic acid groups (broad SMARTS) is 1. The molecule has 0 aliphatic heterocycles. The van der Waals surface area contributed by atoms with Gasteiger partial charge in [-0.25, -0.2) is 14.4 Å². The maximum atomic E-state index is 10.6. The summed E-state index contributed by atoms with van der Waals surface area (Å²) < 4.78 is 13.6. The monoisotopic (exact) mass is 330 g/mol. The van der Waals surface area contributed by atoms with Crippen molar-refractivity contribution < 1.29 is 33.7 Å². The minimum atomic E-state index is -0.935. The van der Waals surface area contributed by atoms with Gasteiger partial charge in [-0.1, -0.05) is 19.7 Å². The van der Waals surface area contributed by atoms with Gasteiger partial charge in [-0.05, 0) is 20.8 Å². The van der Waals surface area contributed by atoms with Gasteiger partial charge in [0.2, 0.25) is 0 Å². The smallest absolute Gasteiger partial charge is 0.333 e. The van der Waals surface area contributed by atoms with E-state index in [1.54, 1.807) is 21.0 Å². The summed E-state index contributed by atoms with van der Waals surface area (Å²) in [4.78, 5) is 30.4. The molecule has 0 saturated heterocycles. The van der Waals surface area contributed by atoms with Gasteiger partial charge < -0.3 is 19.3 Å². The van der Waals surface area contributed by atoms with Crippen LogP contribution in [0.3, 0.4) is 0 Å². The second-order valence-corrected chi connectivity index (χ2v) is 4.27. The number of carbonyl (C=O) groups excluding carboxylic acids is 2. The molecule has 0 spiro atoms. The molecule has 0 aliphatic carbocycles. The number of carboxylic acids is 1. The van der Waals surface area contributed by atoms with E-state index in [0.717, 1.165) is 0 Å². The highest BCUT2D eigenvalue weighted by molar-refractivity contribution is 5.87. The topological polar surface area (TPSA) is 99.1 Å². The Morgan fingerprint density at radius 3 is 1.39 bits per heavy atom. The third kappa shape index (κ3) is 22.0. The van der Waals surface area contributed by atoms with Crippen LogP contribution >= 0.6 is 0 Å². The number of aliphatic carboxylic acids is 1. The van der Waals surface area contributed by atoms with Gasteiger partial charge in [0.25, 0.3) is 0 Å². The summed E-state index contributed by atoms with van der Waals surface area (Å²) in [5, 5.41) is 7.89. The van der Waals surface area contributed by atoms with E-state index in [0.29, 0.717) is 24.4 Å². The van der Waals surface area contributed by atoms with Gasteiger partial charge in [0.1, 0.15) is 6.61 Å². The zero-order valence-corrected chi connectivity index (χ0v) is 14.4. The van der Waals surface area contributed by atoms with Crippen molar-refractivity contribution in [2.45, 2.75) is 20.8 Å². The number of methoxy groups -OCH3 is 2. The van der Waals surface area contributed by atoms with E-state index in [1.165, 1.54) is 14.0 Å². The van der Waals surface area contributed by atoms with E-state index in [-0.39, 0.29) is 17.5 Å². The molecule has 0 aromatic rings. The van der Waals surface area contributed by atoms with Gasteiger partial charge >= 0.3 is 17.9 Å². The second-order valence-electron chi connectivity index (χ2n) is 4.27. The summed E-state index contributed by atoms with van der Waals surface area (Å²) in [5.41, 5.74) is 1.02. The van der Waals surface area contributed by atoms with E-state index in [4.69, 9.17) is 5.11 Å². The average Bonchev–Trinajstić information content (AvgIpc) is 2.47. The molecule has 0 saturated carbocycles. The van der Waals surface area contributed by atoms with Crippen molar-refractivity contribution in [2.24, 2.45) is 0 Å². The molecule has 7 nitrogen and oxygen atoms in total. The third-order valence-electron chi connectivity index (χ3n) is 1.77. The predicted molar refractivity (Wildman–Crippen MR) is 86.9 cm³/mol. The largest absolute Gasteiger partial charge is 0.478 e. The summed E-state index contributed by atoms with van der Waals surface area (Å²) >= 11 is 0. The number of hydrogen-bond acceptors (Lipinski definition) is 6. The summed E-state index contributed by atoms with van der Waals surface area (Å²) in [5.74, 6) is -1.65. The number of hydrogen-bond donors (Lipinski definition) is 1. The van der Waals surface area contributed by atoms with Gasteiger partial charge in [0.15, 0.2) is 0 Å². The number of rotatable bonds is 6. The average molecular weight is 330 g/mol. The first kappa shape index (κ1) is 25.5. The molecule has 132 valence electrons. The van der Waals surface area contributed by atoms with Crippen LogP contribution in [0.1, 0.15) is 20.8 Å². The van der Waals surface area contributed by atoms with Crippen molar-refractivity contribution in [1.82, 2.24) is 0 Å². The maximum Gasteiger partial charge on any atom is 0.333 e. The normalized spacial score (nSPS) is 8.22. The third-order valence-corrected chi connectivity index (χ3v) is 1.77. The second kappa shape index (κ2) is 16.0. The lowest BCUT2D eigenvalue weighted by molar-refractivity contribution is -0.140. The van der Waals surface area contributed by atoms with Gasteiger partial charge in [-0.2, -0.15) is 0 Å². The highest BCUT2D eigenvalue weighted by Crippen LogP contribution is 1.90. The minimum absolute atomic E-state index is 0.176. The fourth-order valence-electron chi connectivity index (χ4n) is 0.515. The van der Waals surface area contributed by atoms with Crippen LogP contribution in [0.2, 0.25) is 0 Å². The van der Waals surface area contributed by atoms with Gasteiger partial charge in [0.05, 0.1) is 13.7 Å². The van der Waals surface area contributed by atoms with E-state index in [9.17, 15) is 14.4 Å². The summed E-state index contributed by atoms with van der Waals surface area (Å²) in [7, 11) is 2.88. The quantitative estimate of drug-likeness (QED) is 0.452. The number of ether oxygens (including phenoxy) is 3. The summed E-state index contributed by atoms with van der Waals surface area (Å²) in [6.07, 6.45) is 0. The first-order valence-corrected chi connectivity index (χ1v) is 6.45. The molecule has 0 aromatic heterocycles. The molecule has 0 atom stereocenters. The lowest BCUT2D eigenvalue weighted by Crippen LogP contribution is -2.09. The molecular formula is C16H26O7. The standard InChI is InChI=1S/C7H12O3.C5H8O2.C4H6O2/c1-6(2)7(8)10-5-4-9-3;1-4(2)5(6)7-3;1-3(2)4(5)6/h1,4-5H2,2-3H3;1H2,2-3H3;1H2,2H3,(H,5,6). The molecule has 0 amide bonds. The molecular weight excluding hydrogens is 304 g/mol. The van der Waals surface area contributed by atoms with Gasteiger partial charge in [-0.3, -0.25) is 0 Å². The Bertz CT molecular complexity index is 424. The minimum Gasteiger partial charge on any atom is -0.478 e. The molecule has 0 rings (SSSR count). The lowest BCUT2D eigenvalue weighted by Gasteiger charge is -2.01. The first-order chi connectivity index (χ1) is 10.5. The molecule has 0 radical (unpaired) electrons. The summed E-state index contributed by atoms with van der Waals surface area (Å²) in [6, 6.07) is 0. The van der Waals surface area contributed by atoms with Crippen LogP contribution in [0.25, 0.3) is 0 Å². The van der Waals surface area contributed by atoms with Crippen LogP contribution in [0, 0.1) is 0 Å². The number of carbonyl (C=O) groups is 3. The van der Waals surface area contributed by atoms with Crippen LogP contribution in [-0.2, 0) is 28.6 Å². The fourth-order valence-corrected chi connectivity index (χ4v) is 0.515. The van der Waals surface area contributed by atoms with E-state index < -0.39 is 5.97 Å². The summed E-state index contributed by atoms with van der Waals surface area (Å²) in [6.45, 7) is 15.3. The van der Waals surface area contributed by atoms with Crippen LogP contribution in [0.15, 0.2) is 36.5 Å². The SMILES string of the molecule is C=C(C)C(=O)O.C=C(C)C(=O)OC.C=C(C)C(=O)OCCOC. The van der Waals surface area contributed by atoms with Crippen LogP contribution in [-0.4, -0.2) is 50.4 Å². The molecule has 0 fully saturated rings. The molecule has 0 unspecified atom stereocenters. The van der Waals surface area contributed by atoms with Gasteiger partial charge in [-0.15, -0.1) is 0 Å². The zero-order valence-electron chi connectivity index (χ0n) is 14.4. The van der Waals surface area contributed by atoms with Crippen molar-refractivity contribution in [1.29, 1.82) is 0 Å². The Kier molecular flexibility index (Phi) is 17.7. The van der Waals surface area contributed by atoms with E-state index in [1.807, 2.05) is 0 Å². The van der Waals surface area contributed by atoms with E-state index in [2.05, 4.69) is 33.9 Å². The Labute approximate surface area is 137 Å². The molecule has 0 bridgehead atoms. The Morgan fingerprint density at radius 2 is 1.22 bits per heavy atom. The van der Waals surface area contributed by atoms with Crippen molar-refractivity contribution in [3.05, 3.63) is 36.5 Å². The van der Waals surface area contributed by atoms with E-state index >= 15 is 0 Å². The Balaban J connectivity index is -0.000000272. The Morgan fingerprint density at radius 1 is 0.826 bits per heavy atom. The molecule has 0 heterocycles.